The van der Waals surface area contributed by atoms with Crippen molar-refractivity contribution in [1.29, 1.82) is 0 Å². The standard InChI is InChI=1S/C20H30N2O4S/c1-5-8-15-9-11-16(12-10-15)20-17(13-21(7-3)19(24)6-2)22(18(20)14-23)27(4,25)26/h5,8-12,17-18,20,23H,6-7,13-14H2,1-4H3/b8-5+/t17-,18+,20-/m1/s1. The van der Waals surface area contributed by atoms with Crippen molar-refractivity contribution in [3.8, 4) is 0 Å². The van der Waals surface area contributed by atoms with Gasteiger partial charge < -0.3 is 10.0 Å². The van der Waals surface area contributed by atoms with Crippen LogP contribution >= 0.6 is 0 Å². The Morgan fingerprint density at radius 2 is 1.85 bits per heavy atom. The molecule has 0 bridgehead atoms. The number of aliphatic hydroxyl groups excluding tert-OH is 1. The SMILES string of the molecule is C/C=C/c1ccc([C@@H]2[C@@H](CN(CC)C(=O)CC)N(S(C)(=O)=O)[C@H]2CO)cc1. The van der Waals surface area contributed by atoms with Crippen LogP contribution < -0.4 is 0 Å². The predicted octanol–water partition coefficient (Wildman–Crippen LogP) is 2.07. The second-order valence-electron chi connectivity index (χ2n) is 6.89. The van der Waals surface area contributed by atoms with Gasteiger partial charge >= 0.3 is 0 Å². The average Bonchev–Trinajstić information content (AvgIpc) is 2.61. The first kappa shape index (κ1) is 21.6. The highest BCUT2D eigenvalue weighted by Gasteiger charge is 2.53. The van der Waals surface area contributed by atoms with E-state index < -0.39 is 16.1 Å². The Balaban J connectivity index is 2.37. The van der Waals surface area contributed by atoms with E-state index in [1.165, 1.54) is 4.31 Å². The number of allylic oxidation sites excluding steroid dienone is 1. The van der Waals surface area contributed by atoms with E-state index >= 15 is 0 Å². The molecule has 27 heavy (non-hydrogen) atoms. The van der Waals surface area contributed by atoms with Gasteiger partial charge in [-0.1, -0.05) is 43.3 Å². The number of hydrogen-bond donors (Lipinski definition) is 1. The van der Waals surface area contributed by atoms with E-state index in [4.69, 9.17) is 0 Å². The Bertz CT molecular complexity index is 774. The van der Waals surface area contributed by atoms with Gasteiger partial charge in [0.25, 0.3) is 0 Å². The van der Waals surface area contributed by atoms with E-state index in [0.29, 0.717) is 19.5 Å². The Labute approximate surface area is 162 Å². The molecule has 0 aromatic heterocycles. The van der Waals surface area contributed by atoms with E-state index in [1.54, 1.807) is 11.8 Å². The van der Waals surface area contributed by atoms with Crippen molar-refractivity contribution in [2.75, 3.05) is 26.0 Å². The zero-order chi connectivity index (χ0) is 20.2. The molecule has 1 heterocycles. The number of carbonyl (C=O) groups is 1. The number of rotatable bonds is 8. The third-order valence-electron chi connectivity index (χ3n) is 5.18. The van der Waals surface area contributed by atoms with Crippen molar-refractivity contribution in [1.82, 2.24) is 9.21 Å². The van der Waals surface area contributed by atoms with E-state index in [1.807, 2.05) is 50.3 Å². The topological polar surface area (TPSA) is 77.9 Å². The van der Waals surface area contributed by atoms with Crippen LogP contribution in [0.2, 0.25) is 0 Å². The van der Waals surface area contributed by atoms with Gasteiger partial charge in [-0.3, -0.25) is 4.79 Å². The van der Waals surface area contributed by atoms with Crippen LogP contribution in [-0.4, -0.2) is 66.7 Å². The molecule has 0 saturated carbocycles. The van der Waals surface area contributed by atoms with Crippen LogP contribution in [0.4, 0.5) is 0 Å². The first-order valence-corrected chi connectivity index (χ1v) is 11.2. The molecular formula is C20H30N2O4S. The highest BCUT2D eigenvalue weighted by molar-refractivity contribution is 7.88. The molecule has 1 N–H and O–H groups in total. The third-order valence-corrected chi connectivity index (χ3v) is 6.49. The number of carbonyl (C=O) groups excluding carboxylic acids is 1. The molecule has 1 aromatic carbocycles. The summed E-state index contributed by atoms with van der Waals surface area (Å²) >= 11 is 0. The predicted molar refractivity (Wildman–Crippen MR) is 108 cm³/mol. The lowest BCUT2D eigenvalue weighted by Gasteiger charge is -2.54. The van der Waals surface area contributed by atoms with E-state index in [9.17, 15) is 18.3 Å². The first-order valence-electron chi connectivity index (χ1n) is 9.38. The molecule has 1 aliphatic rings. The summed E-state index contributed by atoms with van der Waals surface area (Å²) < 4.78 is 26.0. The summed E-state index contributed by atoms with van der Waals surface area (Å²) in [5.74, 6) is -0.149. The Hall–Kier alpha value is -1.70. The molecule has 1 fully saturated rings. The monoisotopic (exact) mass is 394 g/mol. The molecule has 3 atom stereocenters. The number of sulfonamides is 1. The third kappa shape index (κ3) is 4.59. The molecule has 7 heteroatoms. The molecule has 1 amide bonds. The van der Waals surface area contributed by atoms with Gasteiger partial charge in [-0.25, -0.2) is 8.42 Å². The minimum atomic E-state index is -3.50. The fourth-order valence-electron chi connectivity index (χ4n) is 3.92. The second-order valence-corrected chi connectivity index (χ2v) is 8.78. The maximum Gasteiger partial charge on any atom is 0.222 e. The number of hydrogen-bond acceptors (Lipinski definition) is 4. The van der Waals surface area contributed by atoms with E-state index in [0.717, 1.165) is 17.4 Å². The lowest BCUT2D eigenvalue weighted by atomic mass is 9.77. The van der Waals surface area contributed by atoms with Crippen LogP contribution in [0.1, 0.15) is 44.2 Å². The molecule has 0 aliphatic carbocycles. The zero-order valence-corrected chi connectivity index (χ0v) is 17.3. The van der Waals surface area contributed by atoms with E-state index in [-0.39, 0.29) is 24.5 Å². The molecule has 1 aromatic rings. The molecular weight excluding hydrogens is 364 g/mol. The summed E-state index contributed by atoms with van der Waals surface area (Å²) in [6.07, 6.45) is 5.49. The van der Waals surface area contributed by atoms with Crippen molar-refractivity contribution < 1.29 is 18.3 Å². The summed E-state index contributed by atoms with van der Waals surface area (Å²) in [5, 5.41) is 9.86. The number of aliphatic hydroxyl groups is 1. The fraction of sp³-hybridized carbons (Fsp3) is 0.550. The molecule has 2 rings (SSSR count). The smallest absolute Gasteiger partial charge is 0.222 e. The summed E-state index contributed by atoms with van der Waals surface area (Å²) in [5.41, 5.74) is 2.04. The highest BCUT2D eigenvalue weighted by Crippen LogP contribution is 2.42. The van der Waals surface area contributed by atoms with Crippen LogP contribution in [0.5, 0.6) is 0 Å². The van der Waals surface area contributed by atoms with Gasteiger partial charge in [-0.2, -0.15) is 4.31 Å². The van der Waals surface area contributed by atoms with Crippen molar-refractivity contribution in [2.45, 2.75) is 45.2 Å². The van der Waals surface area contributed by atoms with Crippen LogP contribution in [0.25, 0.3) is 6.08 Å². The molecule has 0 unspecified atom stereocenters. The zero-order valence-electron chi connectivity index (χ0n) is 16.5. The van der Waals surface area contributed by atoms with Gasteiger partial charge in [0.05, 0.1) is 24.9 Å². The fourth-order valence-corrected chi connectivity index (χ4v) is 5.30. The van der Waals surface area contributed by atoms with Gasteiger partial charge in [-0.05, 0) is 25.0 Å². The van der Waals surface area contributed by atoms with Gasteiger partial charge in [0.2, 0.25) is 15.9 Å². The molecule has 0 radical (unpaired) electrons. The number of amides is 1. The normalized spacial score (nSPS) is 23.4. The summed E-state index contributed by atoms with van der Waals surface area (Å²) in [6, 6.07) is 7.05. The van der Waals surface area contributed by atoms with Crippen molar-refractivity contribution in [3.05, 3.63) is 41.5 Å². The Morgan fingerprint density at radius 3 is 2.30 bits per heavy atom. The summed E-state index contributed by atoms with van der Waals surface area (Å²) in [6.45, 7) is 6.24. The van der Waals surface area contributed by atoms with Crippen molar-refractivity contribution >= 4 is 22.0 Å². The van der Waals surface area contributed by atoms with Crippen LogP contribution in [0.15, 0.2) is 30.3 Å². The second kappa shape index (κ2) is 8.99. The number of nitrogens with zero attached hydrogens (tertiary/aromatic N) is 2. The minimum Gasteiger partial charge on any atom is -0.395 e. The number of likely N-dealkylation sites (N-methyl/N-ethyl adjacent to an activating group) is 1. The molecule has 150 valence electrons. The molecule has 1 saturated heterocycles. The Morgan fingerprint density at radius 1 is 1.22 bits per heavy atom. The largest absolute Gasteiger partial charge is 0.395 e. The van der Waals surface area contributed by atoms with Crippen LogP contribution in [-0.2, 0) is 14.8 Å². The summed E-state index contributed by atoms with van der Waals surface area (Å²) in [7, 11) is -3.50. The lowest BCUT2D eigenvalue weighted by Crippen LogP contribution is -2.68. The van der Waals surface area contributed by atoms with Gasteiger partial charge in [0.1, 0.15) is 0 Å². The lowest BCUT2D eigenvalue weighted by molar-refractivity contribution is -0.132. The maximum absolute atomic E-state index is 12.3. The van der Waals surface area contributed by atoms with Gasteiger partial charge in [0.15, 0.2) is 0 Å². The molecule has 6 nitrogen and oxygen atoms in total. The first-order chi connectivity index (χ1) is 12.8. The Kier molecular flexibility index (Phi) is 7.19. The van der Waals surface area contributed by atoms with Gasteiger partial charge in [0, 0.05) is 25.4 Å². The quantitative estimate of drug-likeness (QED) is 0.732. The number of benzene rings is 1. The molecule has 1 aliphatic heterocycles. The summed E-state index contributed by atoms with van der Waals surface area (Å²) in [4.78, 5) is 13.9. The maximum atomic E-state index is 12.3. The highest BCUT2D eigenvalue weighted by atomic mass is 32.2. The average molecular weight is 395 g/mol. The molecule has 0 spiro atoms. The van der Waals surface area contributed by atoms with Gasteiger partial charge in [-0.15, -0.1) is 0 Å². The van der Waals surface area contributed by atoms with Crippen molar-refractivity contribution in [2.24, 2.45) is 0 Å². The van der Waals surface area contributed by atoms with Crippen molar-refractivity contribution in [3.63, 3.8) is 0 Å². The minimum absolute atomic E-state index is 0.000537. The van der Waals surface area contributed by atoms with E-state index in [2.05, 4.69) is 0 Å². The van der Waals surface area contributed by atoms with Crippen LogP contribution in [0.3, 0.4) is 0 Å². The van der Waals surface area contributed by atoms with Crippen LogP contribution in [0, 0.1) is 0 Å².